The molecule has 3 rings (SSSR count). The van der Waals surface area contributed by atoms with Crippen LogP contribution in [0.4, 0.5) is 0 Å². The first kappa shape index (κ1) is 10.4. The summed E-state index contributed by atoms with van der Waals surface area (Å²) in [4.78, 5) is 22.9. The molecule has 0 saturated carbocycles. The van der Waals surface area contributed by atoms with Crippen LogP contribution >= 0.6 is 11.8 Å². The summed E-state index contributed by atoms with van der Waals surface area (Å²) >= 11 is 1.41. The number of carbonyl (C=O) groups excluding carboxylic acids is 1. The zero-order valence-electron chi connectivity index (χ0n) is 8.80. The van der Waals surface area contributed by atoms with E-state index in [0.717, 1.165) is 5.39 Å². The number of amides is 1. The molecule has 2 aromatic rings. The molecule has 0 bridgehead atoms. The van der Waals surface area contributed by atoms with E-state index in [0.29, 0.717) is 16.9 Å². The maximum Gasteiger partial charge on any atom is 0.342 e. The minimum atomic E-state index is -0.386. The van der Waals surface area contributed by atoms with Crippen LogP contribution in [0.25, 0.3) is 11.0 Å². The first-order valence-corrected chi connectivity index (χ1v) is 6.23. The summed E-state index contributed by atoms with van der Waals surface area (Å²) in [6.45, 7) is 0. The first-order valence-electron chi connectivity index (χ1n) is 5.18. The van der Waals surface area contributed by atoms with Crippen LogP contribution in [0.15, 0.2) is 39.5 Å². The summed E-state index contributed by atoms with van der Waals surface area (Å²) in [5.74, 6) is 0.337. The Morgan fingerprint density at radius 2 is 2.12 bits per heavy atom. The molecular formula is C12H9NO3S. The second kappa shape index (κ2) is 3.92. The number of thioether (sulfide) groups is 1. The molecule has 4 nitrogen and oxygen atoms in total. The Balaban J connectivity index is 2.13. The quantitative estimate of drug-likeness (QED) is 0.778. The summed E-state index contributed by atoms with van der Waals surface area (Å²) in [6.07, 6.45) is 0. The third kappa shape index (κ3) is 1.82. The predicted molar refractivity (Wildman–Crippen MR) is 65.8 cm³/mol. The van der Waals surface area contributed by atoms with E-state index in [1.165, 1.54) is 11.8 Å². The van der Waals surface area contributed by atoms with Gasteiger partial charge in [-0.1, -0.05) is 18.2 Å². The fraction of sp³-hybridized carbons (Fsp3) is 0.167. The minimum absolute atomic E-state index is 0.0486. The number of carbonyl (C=O) groups is 1. The van der Waals surface area contributed by atoms with Crippen molar-refractivity contribution in [2.45, 2.75) is 5.37 Å². The summed E-state index contributed by atoms with van der Waals surface area (Å²) in [6, 6.07) is 9.11. The SMILES string of the molecule is O=C1CSC(c2cc3ccccc3oc2=O)N1. The Bertz CT molecular complexity index is 649. The second-order valence-electron chi connectivity index (χ2n) is 3.79. The van der Waals surface area contributed by atoms with Crippen LogP contribution in [0.1, 0.15) is 10.9 Å². The van der Waals surface area contributed by atoms with E-state index in [2.05, 4.69) is 5.32 Å². The molecule has 5 heteroatoms. The van der Waals surface area contributed by atoms with Crippen LogP contribution in [-0.2, 0) is 4.79 Å². The largest absolute Gasteiger partial charge is 0.422 e. The Hall–Kier alpha value is -1.75. The number of fused-ring (bicyclic) bond motifs is 1. The molecule has 1 aliphatic heterocycles. The van der Waals surface area contributed by atoms with E-state index in [-0.39, 0.29) is 16.9 Å². The Kier molecular flexibility index (Phi) is 2.40. The average molecular weight is 247 g/mol. The van der Waals surface area contributed by atoms with Gasteiger partial charge in [0, 0.05) is 5.39 Å². The van der Waals surface area contributed by atoms with E-state index >= 15 is 0 Å². The Morgan fingerprint density at radius 3 is 2.88 bits per heavy atom. The topological polar surface area (TPSA) is 59.3 Å². The number of benzene rings is 1. The number of hydrogen-bond donors (Lipinski definition) is 1. The van der Waals surface area contributed by atoms with Crippen molar-refractivity contribution in [3.05, 3.63) is 46.3 Å². The zero-order chi connectivity index (χ0) is 11.8. The number of para-hydroxylation sites is 1. The summed E-state index contributed by atoms with van der Waals surface area (Å²) in [7, 11) is 0. The Morgan fingerprint density at radius 1 is 1.29 bits per heavy atom. The molecule has 1 amide bonds. The third-order valence-corrected chi connectivity index (χ3v) is 3.76. The van der Waals surface area contributed by atoms with Crippen molar-refractivity contribution in [2.24, 2.45) is 0 Å². The van der Waals surface area contributed by atoms with Gasteiger partial charge in [-0.05, 0) is 12.1 Å². The van der Waals surface area contributed by atoms with Gasteiger partial charge in [0.25, 0.3) is 0 Å². The summed E-state index contributed by atoms with van der Waals surface area (Å²) in [5, 5.41) is 3.32. The maximum atomic E-state index is 11.8. The van der Waals surface area contributed by atoms with Crippen molar-refractivity contribution < 1.29 is 9.21 Å². The molecule has 1 atom stereocenters. The van der Waals surface area contributed by atoms with E-state index in [4.69, 9.17) is 4.42 Å². The molecular weight excluding hydrogens is 238 g/mol. The van der Waals surface area contributed by atoms with Gasteiger partial charge in [-0.2, -0.15) is 0 Å². The molecule has 2 heterocycles. The van der Waals surface area contributed by atoms with Crippen LogP contribution in [0.5, 0.6) is 0 Å². The lowest BCUT2D eigenvalue weighted by Gasteiger charge is -2.08. The summed E-state index contributed by atoms with van der Waals surface area (Å²) in [5.41, 5.74) is 0.679. The number of rotatable bonds is 1. The molecule has 0 radical (unpaired) electrons. The molecule has 0 aliphatic carbocycles. The molecule has 1 aromatic heterocycles. The van der Waals surface area contributed by atoms with E-state index in [1.807, 2.05) is 18.2 Å². The highest BCUT2D eigenvalue weighted by Crippen LogP contribution is 2.29. The lowest BCUT2D eigenvalue weighted by atomic mass is 10.2. The number of hydrogen-bond acceptors (Lipinski definition) is 4. The lowest BCUT2D eigenvalue weighted by molar-refractivity contribution is -0.118. The highest BCUT2D eigenvalue weighted by atomic mass is 32.2. The maximum absolute atomic E-state index is 11.8. The van der Waals surface area contributed by atoms with E-state index in [1.54, 1.807) is 12.1 Å². The zero-order valence-corrected chi connectivity index (χ0v) is 9.62. The fourth-order valence-electron chi connectivity index (χ4n) is 1.82. The first-order chi connectivity index (χ1) is 8.24. The molecule has 1 unspecified atom stereocenters. The minimum Gasteiger partial charge on any atom is -0.422 e. The fourth-order valence-corrected chi connectivity index (χ4v) is 2.78. The van der Waals surface area contributed by atoms with Gasteiger partial charge < -0.3 is 9.73 Å². The standard InChI is InChI=1S/C12H9NO3S/c14-10-6-17-11(13-10)8-5-7-3-1-2-4-9(7)16-12(8)15/h1-5,11H,6H2,(H,13,14). The van der Waals surface area contributed by atoms with Gasteiger partial charge in [-0.25, -0.2) is 4.79 Å². The van der Waals surface area contributed by atoms with Crippen LogP contribution in [0, 0.1) is 0 Å². The van der Waals surface area contributed by atoms with Crippen molar-refractivity contribution in [3.8, 4) is 0 Å². The van der Waals surface area contributed by atoms with Gasteiger partial charge in [0.15, 0.2) is 0 Å². The normalized spacial score (nSPS) is 19.5. The predicted octanol–water partition coefficient (Wildman–Crippen LogP) is 1.65. The molecule has 1 aromatic carbocycles. The van der Waals surface area contributed by atoms with Gasteiger partial charge in [0.1, 0.15) is 11.0 Å². The molecule has 86 valence electrons. The van der Waals surface area contributed by atoms with Gasteiger partial charge in [-0.3, -0.25) is 4.79 Å². The molecule has 17 heavy (non-hydrogen) atoms. The van der Waals surface area contributed by atoms with Crippen LogP contribution in [-0.4, -0.2) is 11.7 Å². The lowest BCUT2D eigenvalue weighted by Crippen LogP contribution is -2.23. The monoisotopic (exact) mass is 247 g/mol. The molecule has 1 saturated heterocycles. The van der Waals surface area contributed by atoms with E-state index < -0.39 is 0 Å². The van der Waals surface area contributed by atoms with Crippen molar-refractivity contribution in [1.82, 2.24) is 5.32 Å². The molecule has 1 aliphatic rings. The van der Waals surface area contributed by atoms with Crippen molar-refractivity contribution in [3.63, 3.8) is 0 Å². The molecule has 0 spiro atoms. The van der Waals surface area contributed by atoms with Crippen LogP contribution in [0.2, 0.25) is 0 Å². The van der Waals surface area contributed by atoms with Gasteiger partial charge in [0.05, 0.1) is 11.3 Å². The van der Waals surface area contributed by atoms with Crippen molar-refractivity contribution >= 4 is 28.6 Å². The van der Waals surface area contributed by atoms with Gasteiger partial charge in [-0.15, -0.1) is 11.8 Å². The summed E-state index contributed by atoms with van der Waals surface area (Å²) < 4.78 is 5.22. The average Bonchev–Trinajstić information content (AvgIpc) is 2.75. The highest BCUT2D eigenvalue weighted by molar-refractivity contribution is 8.00. The van der Waals surface area contributed by atoms with Crippen molar-refractivity contribution in [2.75, 3.05) is 5.75 Å². The Labute approximate surface area is 101 Å². The van der Waals surface area contributed by atoms with Crippen LogP contribution in [0.3, 0.4) is 0 Å². The van der Waals surface area contributed by atoms with Gasteiger partial charge >= 0.3 is 5.63 Å². The van der Waals surface area contributed by atoms with Crippen LogP contribution < -0.4 is 10.9 Å². The van der Waals surface area contributed by atoms with Gasteiger partial charge in [0.2, 0.25) is 5.91 Å². The number of nitrogens with one attached hydrogen (secondary N) is 1. The molecule has 1 N–H and O–H groups in total. The second-order valence-corrected chi connectivity index (χ2v) is 4.88. The smallest absolute Gasteiger partial charge is 0.342 e. The molecule has 1 fully saturated rings. The van der Waals surface area contributed by atoms with Crippen molar-refractivity contribution in [1.29, 1.82) is 0 Å². The van der Waals surface area contributed by atoms with E-state index in [9.17, 15) is 9.59 Å². The third-order valence-electron chi connectivity index (χ3n) is 2.62. The highest BCUT2D eigenvalue weighted by Gasteiger charge is 2.26.